The molecular formula is C27H23ClN4O6. The highest BCUT2D eigenvalue weighted by Gasteiger charge is 2.22. The summed E-state index contributed by atoms with van der Waals surface area (Å²) in [6.07, 6.45) is 1.72. The predicted octanol–water partition coefficient (Wildman–Crippen LogP) is 5.80. The van der Waals surface area contributed by atoms with Gasteiger partial charge in [-0.3, -0.25) is 10.1 Å². The zero-order valence-electron chi connectivity index (χ0n) is 20.3. The Morgan fingerprint density at radius 1 is 1.21 bits per heavy atom. The summed E-state index contributed by atoms with van der Waals surface area (Å²) in [5, 5.41) is 21.1. The molecular weight excluding hydrogens is 512 g/mol. The molecule has 1 aromatic heterocycles. The average Bonchev–Trinajstić information content (AvgIpc) is 3.35. The molecule has 0 atom stereocenters. The zero-order chi connectivity index (χ0) is 25.8. The Bertz CT molecular complexity index is 1530. The number of nitrogens with zero attached hydrogens (tertiary/aromatic N) is 3. The van der Waals surface area contributed by atoms with Gasteiger partial charge in [0.2, 0.25) is 0 Å². The standard InChI is InChI=1S/C27H22N4O6.ClH/c1-2-35-25-10-17(9-18(13-28)27-29-22-5-3-4-6-23(22)30-27)7-8-24(25)36-15-20-12-21(31(32)33)11-19-14-34-16-37-26(19)20;/h3-12H,2,14-16H2,1H3,(H,29,30);1H/b18-9-;. The van der Waals surface area contributed by atoms with E-state index in [0.29, 0.717) is 46.4 Å². The summed E-state index contributed by atoms with van der Waals surface area (Å²) in [5.74, 6) is 1.93. The first-order valence-electron chi connectivity index (χ1n) is 11.5. The molecule has 0 fully saturated rings. The first-order chi connectivity index (χ1) is 18.1. The van der Waals surface area contributed by atoms with Crippen molar-refractivity contribution in [2.45, 2.75) is 20.1 Å². The normalized spacial score (nSPS) is 12.6. The molecule has 0 unspecified atom stereocenters. The molecule has 38 heavy (non-hydrogen) atoms. The molecule has 10 nitrogen and oxygen atoms in total. The van der Waals surface area contributed by atoms with E-state index in [-0.39, 0.29) is 38.1 Å². The first-order valence-corrected chi connectivity index (χ1v) is 11.5. The van der Waals surface area contributed by atoms with Crippen molar-refractivity contribution in [1.82, 2.24) is 9.97 Å². The Labute approximate surface area is 224 Å². The van der Waals surface area contributed by atoms with Crippen molar-refractivity contribution >= 4 is 40.8 Å². The molecule has 0 saturated carbocycles. The van der Waals surface area contributed by atoms with E-state index in [1.54, 1.807) is 24.3 Å². The van der Waals surface area contributed by atoms with E-state index in [1.807, 2.05) is 31.2 Å². The lowest BCUT2D eigenvalue weighted by Gasteiger charge is -2.21. The van der Waals surface area contributed by atoms with Crippen LogP contribution in [0.25, 0.3) is 22.7 Å². The molecule has 1 N–H and O–H groups in total. The predicted molar refractivity (Wildman–Crippen MR) is 142 cm³/mol. The highest BCUT2D eigenvalue weighted by atomic mass is 35.5. The van der Waals surface area contributed by atoms with Gasteiger partial charge >= 0.3 is 0 Å². The number of nitriles is 1. The average molecular weight is 535 g/mol. The minimum Gasteiger partial charge on any atom is -0.490 e. The number of fused-ring (bicyclic) bond motifs is 2. The minimum absolute atomic E-state index is 0. The molecule has 5 rings (SSSR count). The number of nitro groups is 1. The number of non-ortho nitro benzene ring substituents is 1. The quantitative estimate of drug-likeness (QED) is 0.170. The molecule has 0 spiro atoms. The molecule has 2 heterocycles. The van der Waals surface area contributed by atoms with Crippen LogP contribution in [0.4, 0.5) is 5.69 Å². The topological polar surface area (TPSA) is 133 Å². The highest BCUT2D eigenvalue weighted by molar-refractivity contribution is 5.90. The number of ether oxygens (including phenoxy) is 4. The summed E-state index contributed by atoms with van der Waals surface area (Å²) in [7, 11) is 0. The number of benzene rings is 3. The van der Waals surface area contributed by atoms with Gasteiger partial charge < -0.3 is 23.9 Å². The van der Waals surface area contributed by atoms with Crippen LogP contribution in [-0.4, -0.2) is 28.3 Å². The maximum Gasteiger partial charge on any atom is 0.270 e. The number of allylic oxidation sites excluding steroid dienone is 1. The number of hydrogen-bond acceptors (Lipinski definition) is 8. The molecule has 0 bridgehead atoms. The van der Waals surface area contributed by atoms with Crippen LogP contribution >= 0.6 is 12.4 Å². The van der Waals surface area contributed by atoms with Crippen molar-refractivity contribution in [2.75, 3.05) is 13.4 Å². The number of hydrogen-bond donors (Lipinski definition) is 1. The van der Waals surface area contributed by atoms with Crippen molar-refractivity contribution in [3.8, 4) is 23.3 Å². The maximum atomic E-state index is 11.4. The van der Waals surface area contributed by atoms with Gasteiger partial charge in [0.05, 0.1) is 34.7 Å². The van der Waals surface area contributed by atoms with E-state index in [2.05, 4.69) is 16.0 Å². The van der Waals surface area contributed by atoms with Gasteiger partial charge in [-0.25, -0.2) is 4.98 Å². The number of aromatic amines is 1. The third-order valence-corrected chi connectivity index (χ3v) is 5.71. The first kappa shape index (κ1) is 26.5. The molecule has 4 aromatic rings. The Hall–Kier alpha value is -4.59. The molecule has 3 aromatic carbocycles. The smallest absolute Gasteiger partial charge is 0.270 e. The summed E-state index contributed by atoms with van der Waals surface area (Å²) in [5.41, 5.74) is 3.78. The molecule has 1 aliphatic rings. The monoisotopic (exact) mass is 534 g/mol. The van der Waals surface area contributed by atoms with Gasteiger partial charge in [-0.1, -0.05) is 18.2 Å². The minimum atomic E-state index is -0.458. The fourth-order valence-corrected chi connectivity index (χ4v) is 4.05. The van der Waals surface area contributed by atoms with E-state index in [0.717, 1.165) is 16.6 Å². The Morgan fingerprint density at radius 3 is 2.82 bits per heavy atom. The van der Waals surface area contributed by atoms with Gasteiger partial charge in [-0.05, 0) is 42.8 Å². The lowest BCUT2D eigenvalue weighted by molar-refractivity contribution is -0.385. The van der Waals surface area contributed by atoms with Crippen molar-refractivity contribution in [2.24, 2.45) is 0 Å². The van der Waals surface area contributed by atoms with Crippen LogP contribution < -0.4 is 14.2 Å². The number of H-pyrrole nitrogens is 1. The summed E-state index contributed by atoms with van der Waals surface area (Å²) in [4.78, 5) is 18.6. The molecule has 194 valence electrons. The van der Waals surface area contributed by atoms with Crippen molar-refractivity contribution in [3.05, 3.63) is 87.2 Å². The molecule has 0 radical (unpaired) electrons. The second-order valence-electron chi connectivity index (χ2n) is 8.16. The number of nitrogens with one attached hydrogen (secondary N) is 1. The summed E-state index contributed by atoms with van der Waals surface area (Å²) in [6.45, 7) is 2.57. The number of imidazole rings is 1. The highest BCUT2D eigenvalue weighted by Crippen LogP contribution is 2.35. The van der Waals surface area contributed by atoms with Gasteiger partial charge in [-0.2, -0.15) is 5.26 Å². The van der Waals surface area contributed by atoms with Crippen LogP contribution in [0.1, 0.15) is 29.4 Å². The number of aromatic nitrogens is 2. The fourth-order valence-electron chi connectivity index (χ4n) is 4.05. The number of halogens is 1. The maximum absolute atomic E-state index is 11.4. The Morgan fingerprint density at radius 2 is 2.05 bits per heavy atom. The SMILES string of the molecule is CCOc1cc(/C=C(/C#N)c2nc3ccccc3[nH]2)ccc1OCc1cc([N+](=O)[O-])cc2c1OCOC2.Cl. The van der Waals surface area contributed by atoms with Gasteiger partial charge in [0.25, 0.3) is 5.69 Å². The zero-order valence-corrected chi connectivity index (χ0v) is 21.1. The van der Waals surface area contributed by atoms with Gasteiger partial charge in [0, 0.05) is 23.3 Å². The van der Waals surface area contributed by atoms with Gasteiger partial charge in [-0.15, -0.1) is 12.4 Å². The second kappa shape index (κ2) is 11.6. The summed E-state index contributed by atoms with van der Waals surface area (Å²) >= 11 is 0. The van der Waals surface area contributed by atoms with Crippen LogP contribution in [-0.2, 0) is 18.0 Å². The van der Waals surface area contributed by atoms with E-state index in [9.17, 15) is 15.4 Å². The van der Waals surface area contributed by atoms with E-state index >= 15 is 0 Å². The van der Waals surface area contributed by atoms with Crippen molar-refractivity contribution in [3.63, 3.8) is 0 Å². The molecule has 0 amide bonds. The third-order valence-electron chi connectivity index (χ3n) is 5.71. The van der Waals surface area contributed by atoms with Crippen LogP contribution in [0.15, 0.2) is 54.6 Å². The van der Waals surface area contributed by atoms with Gasteiger partial charge in [0.15, 0.2) is 18.3 Å². The number of rotatable bonds is 8. The number of nitro benzene ring substituents is 1. The summed E-state index contributed by atoms with van der Waals surface area (Å²) < 4.78 is 22.7. The van der Waals surface area contributed by atoms with Crippen LogP contribution in [0.2, 0.25) is 0 Å². The van der Waals surface area contributed by atoms with E-state index in [4.69, 9.17) is 18.9 Å². The van der Waals surface area contributed by atoms with Crippen molar-refractivity contribution in [1.29, 1.82) is 5.26 Å². The largest absolute Gasteiger partial charge is 0.490 e. The fraction of sp³-hybridized carbons (Fsp3) is 0.185. The Kier molecular flexibility index (Phi) is 8.11. The molecule has 1 aliphatic heterocycles. The Balaban J connectivity index is 0.00000336. The number of para-hydroxylation sites is 2. The molecule has 0 saturated heterocycles. The second-order valence-corrected chi connectivity index (χ2v) is 8.16. The van der Waals surface area contributed by atoms with E-state index in [1.165, 1.54) is 12.1 Å². The summed E-state index contributed by atoms with van der Waals surface area (Å²) in [6, 6.07) is 17.9. The van der Waals surface area contributed by atoms with Crippen molar-refractivity contribution < 1.29 is 23.9 Å². The van der Waals surface area contributed by atoms with Crippen LogP contribution in [0.3, 0.4) is 0 Å². The van der Waals surface area contributed by atoms with Crippen LogP contribution in [0, 0.1) is 21.4 Å². The lowest BCUT2D eigenvalue weighted by atomic mass is 10.1. The van der Waals surface area contributed by atoms with Crippen LogP contribution in [0.5, 0.6) is 17.2 Å². The third kappa shape index (κ3) is 5.54. The van der Waals surface area contributed by atoms with Gasteiger partial charge in [0.1, 0.15) is 24.3 Å². The molecule has 11 heteroatoms. The lowest BCUT2D eigenvalue weighted by Crippen LogP contribution is -2.14. The van der Waals surface area contributed by atoms with E-state index < -0.39 is 4.92 Å². The molecule has 0 aliphatic carbocycles.